The number of aromatic amines is 1. The molecule has 0 bridgehead atoms. The first kappa shape index (κ1) is 9.39. The molecule has 2 rings (SSSR count). The van der Waals surface area contributed by atoms with Gasteiger partial charge >= 0.3 is 0 Å². The van der Waals surface area contributed by atoms with E-state index in [1.54, 1.807) is 31.6 Å². The van der Waals surface area contributed by atoms with Gasteiger partial charge in [0.15, 0.2) is 0 Å². The minimum atomic E-state index is -0.227. The number of rotatable bonds is 2. The third-order valence-electron chi connectivity index (χ3n) is 1.92. The quantitative estimate of drug-likeness (QED) is 0.785. The highest BCUT2D eigenvalue weighted by Gasteiger charge is 2.01. The summed E-state index contributed by atoms with van der Waals surface area (Å²) in [6, 6.07) is 4.85. The lowest BCUT2D eigenvalue weighted by molar-refractivity contribution is 0.413. The molecule has 1 N–H and O–H groups in total. The Morgan fingerprint density at radius 3 is 2.87 bits per heavy atom. The van der Waals surface area contributed by atoms with Gasteiger partial charge in [0, 0.05) is 17.8 Å². The summed E-state index contributed by atoms with van der Waals surface area (Å²) < 4.78 is 5.04. The third-order valence-corrected chi connectivity index (χ3v) is 1.92. The molecule has 0 amide bonds. The number of pyridine rings is 1. The van der Waals surface area contributed by atoms with E-state index in [9.17, 15) is 4.79 Å². The summed E-state index contributed by atoms with van der Waals surface area (Å²) in [5, 5.41) is 6.25. The summed E-state index contributed by atoms with van der Waals surface area (Å²) in [5.41, 5.74) is 1.22. The Hall–Kier alpha value is -2.17. The van der Waals surface area contributed by atoms with E-state index in [1.165, 1.54) is 6.07 Å². The van der Waals surface area contributed by atoms with Gasteiger partial charge in [-0.2, -0.15) is 5.10 Å². The average Bonchev–Trinajstić information content (AvgIpc) is 2.30. The van der Waals surface area contributed by atoms with Crippen molar-refractivity contribution in [3.63, 3.8) is 0 Å². The second-order valence-corrected chi connectivity index (χ2v) is 2.92. The number of nitrogens with zero attached hydrogens (tertiary/aromatic N) is 2. The Labute approximate surface area is 85.8 Å². The third kappa shape index (κ3) is 2.01. The van der Waals surface area contributed by atoms with Crippen LogP contribution in [0.1, 0.15) is 0 Å². The second-order valence-electron chi connectivity index (χ2n) is 2.92. The zero-order chi connectivity index (χ0) is 10.7. The van der Waals surface area contributed by atoms with Crippen molar-refractivity contribution < 1.29 is 4.74 Å². The molecule has 2 aromatic heterocycles. The molecule has 5 nitrogen and oxygen atoms in total. The molecule has 0 fully saturated rings. The van der Waals surface area contributed by atoms with Crippen LogP contribution in [0, 0.1) is 0 Å². The van der Waals surface area contributed by atoms with Crippen LogP contribution >= 0.6 is 0 Å². The molecule has 0 aliphatic carbocycles. The molecule has 0 saturated heterocycles. The summed E-state index contributed by atoms with van der Waals surface area (Å²) in [4.78, 5) is 14.8. The summed E-state index contributed by atoms with van der Waals surface area (Å²) in [5.74, 6) is 0.653. The van der Waals surface area contributed by atoms with Crippen LogP contribution in [0.5, 0.6) is 5.75 Å². The van der Waals surface area contributed by atoms with E-state index >= 15 is 0 Å². The first-order valence-corrected chi connectivity index (χ1v) is 4.35. The number of H-pyrrole nitrogens is 1. The molecule has 0 radical (unpaired) electrons. The predicted octanol–water partition coefficient (Wildman–Crippen LogP) is 0.840. The molecule has 5 heteroatoms. The molecule has 15 heavy (non-hydrogen) atoms. The van der Waals surface area contributed by atoms with Crippen LogP contribution in [0.2, 0.25) is 0 Å². The van der Waals surface area contributed by atoms with Crippen LogP contribution in [-0.2, 0) is 0 Å². The highest BCUT2D eigenvalue weighted by Crippen LogP contribution is 2.18. The number of hydrogen-bond acceptors (Lipinski definition) is 4. The van der Waals surface area contributed by atoms with Crippen LogP contribution in [0.4, 0.5) is 0 Å². The number of hydrogen-bond donors (Lipinski definition) is 1. The minimum Gasteiger partial charge on any atom is -0.495 e. The zero-order valence-electron chi connectivity index (χ0n) is 8.10. The van der Waals surface area contributed by atoms with Gasteiger partial charge in [-0.05, 0) is 12.1 Å². The van der Waals surface area contributed by atoms with Crippen molar-refractivity contribution >= 4 is 0 Å². The monoisotopic (exact) mass is 203 g/mol. The summed E-state index contributed by atoms with van der Waals surface area (Å²) >= 11 is 0. The number of nitrogens with one attached hydrogen (secondary N) is 1. The van der Waals surface area contributed by atoms with Crippen LogP contribution in [0.3, 0.4) is 0 Å². The minimum absolute atomic E-state index is 0.227. The molecule has 0 aliphatic rings. The molecule has 76 valence electrons. The maximum Gasteiger partial charge on any atom is 0.264 e. The molecule has 2 heterocycles. The van der Waals surface area contributed by atoms with Gasteiger partial charge in [-0.1, -0.05) is 0 Å². The van der Waals surface area contributed by atoms with Gasteiger partial charge in [-0.3, -0.25) is 9.78 Å². The van der Waals surface area contributed by atoms with Crippen LogP contribution < -0.4 is 10.3 Å². The Bertz CT molecular complexity index is 502. The van der Waals surface area contributed by atoms with Crippen LogP contribution in [-0.4, -0.2) is 22.3 Å². The van der Waals surface area contributed by atoms with Crippen molar-refractivity contribution in [3.05, 3.63) is 40.9 Å². The Kier molecular flexibility index (Phi) is 2.45. The highest BCUT2D eigenvalue weighted by atomic mass is 16.5. The maximum atomic E-state index is 10.8. The van der Waals surface area contributed by atoms with Gasteiger partial charge < -0.3 is 4.74 Å². The number of methoxy groups -OCH3 is 1. The van der Waals surface area contributed by atoms with Gasteiger partial charge in [-0.25, -0.2) is 5.10 Å². The van der Waals surface area contributed by atoms with Crippen molar-refractivity contribution in [1.82, 2.24) is 15.2 Å². The molecular weight excluding hydrogens is 194 g/mol. The molecule has 0 atom stereocenters. The molecule has 0 aliphatic heterocycles. The van der Waals surface area contributed by atoms with E-state index < -0.39 is 0 Å². The summed E-state index contributed by atoms with van der Waals surface area (Å²) in [7, 11) is 1.57. The van der Waals surface area contributed by atoms with Gasteiger partial charge in [-0.15, -0.1) is 0 Å². The summed E-state index contributed by atoms with van der Waals surface area (Å²) in [6.07, 6.45) is 3.26. The van der Waals surface area contributed by atoms with Gasteiger partial charge in [0.1, 0.15) is 5.75 Å². The molecule has 0 spiro atoms. The fraction of sp³-hybridized carbons (Fsp3) is 0.100. The van der Waals surface area contributed by atoms with E-state index in [0.717, 1.165) is 5.56 Å². The Morgan fingerprint density at radius 1 is 1.33 bits per heavy atom. The van der Waals surface area contributed by atoms with Crippen molar-refractivity contribution in [2.24, 2.45) is 0 Å². The molecule has 0 saturated carbocycles. The SMILES string of the molecule is COc1cncc(-c2ccc(=O)[nH]n2)c1. The maximum absolute atomic E-state index is 10.8. The molecule has 0 unspecified atom stereocenters. The van der Waals surface area contributed by atoms with Crippen LogP contribution in [0.15, 0.2) is 35.4 Å². The largest absolute Gasteiger partial charge is 0.495 e. The van der Waals surface area contributed by atoms with Gasteiger partial charge in [0.05, 0.1) is 19.0 Å². The smallest absolute Gasteiger partial charge is 0.264 e. The molecular formula is C10H9N3O2. The number of ether oxygens (including phenoxy) is 1. The van der Waals surface area contributed by atoms with E-state index in [1.807, 2.05) is 0 Å². The van der Waals surface area contributed by atoms with E-state index in [0.29, 0.717) is 11.4 Å². The van der Waals surface area contributed by atoms with Gasteiger partial charge in [0.2, 0.25) is 0 Å². The Balaban J connectivity index is 2.44. The van der Waals surface area contributed by atoms with Crippen molar-refractivity contribution in [2.45, 2.75) is 0 Å². The number of aromatic nitrogens is 3. The van der Waals surface area contributed by atoms with E-state index in [-0.39, 0.29) is 5.56 Å². The van der Waals surface area contributed by atoms with E-state index in [4.69, 9.17) is 4.74 Å². The predicted molar refractivity (Wildman–Crippen MR) is 54.6 cm³/mol. The van der Waals surface area contributed by atoms with Gasteiger partial charge in [0.25, 0.3) is 5.56 Å². The molecule has 2 aromatic rings. The zero-order valence-corrected chi connectivity index (χ0v) is 8.10. The first-order valence-electron chi connectivity index (χ1n) is 4.35. The lowest BCUT2D eigenvalue weighted by Crippen LogP contribution is -2.05. The normalized spacial score (nSPS) is 9.93. The Morgan fingerprint density at radius 2 is 2.20 bits per heavy atom. The summed E-state index contributed by atoms with van der Waals surface area (Å²) in [6.45, 7) is 0. The van der Waals surface area contributed by atoms with Crippen molar-refractivity contribution in [1.29, 1.82) is 0 Å². The fourth-order valence-corrected chi connectivity index (χ4v) is 1.18. The van der Waals surface area contributed by atoms with E-state index in [2.05, 4.69) is 15.2 Å². The second kappa shape index (κ2) is 3.91. The van der Waals surface area contributed by atoms with Crippen molar-refractivity contribution in [3.8, 4) is 17.0 Å². The topological polar surface area (TPSA) is 67.9 Å². The lowest BCUT2D eigenvalue weighted by Gasteiger charge is -2.01. The van der Waals surface area contributed by atoms with Crippen LogP contribution in [0.25, 0.3) is 11.3 Å². The average molecular weight is 203 g/mol. The first-order chi connectivity index (χ1) is 7.29. The van der Waals surface area contributed by atoms with Crippen molar-refractivity contribution in [2.75, 3.05) is 7.11 Å². The fourth-order valence-electron chi connectivity index (χ4n) is 1.18. The standard InChI is InChI=1S/C10H9N3O2/c1-15-8-4-7(5-11-6-8)9-2-3-10(14)13-12-9/h2-6H,1H3,(H,13,14). The lowest BCUT2D eigenvalue weighted by atomic mass is 10.2. The molecule has 0 aromatic carbocycles. The highest BCUT2D eigenvalue weighted by molar-refractivity contribution is 5.58.